The minimum absolute atomic E-state index is 0.0933. The van der Waals surface area contributed by atoms with Crippen LogP contribution in [-0.4, -0.2) is 33.9 Å². The van der Waals surface area contributed by atoms with Crippen molar-refractivity contribution in [1.29, 1.82) is 0 Å². The van der Waals surface area contributed by atoms with E-state index < -0.39 is 6.04 Å². The van der Waals surface area contributed by atoms with Crippen LogP contribution in [0.4, 0.5) is 5.95 Å². The maximum absolute atomic E-state index is 13.9. The molecule has 1 fully saturated rings. The van der Waals surface area contributed by atoms with Crippen molar-refractivity contribution in [1.82, 2.24) is 14.8 Å². The first-order valence-corrected chi connectivity index (χ1v) is 16.7. The number of rotatable bonds is 10. The number of thioether (sulfide) groups is 1. The Balaban J connectivity index is 1.32. The van der Waals surface area contributed by atoms with Gasteiger partial charge < -0.3 is 19.5 Å². The van der Waals surface area contributed by atoms with Crippen LogP contribution >= 0.6 is 35.0 Å². The summed E-state index contributed by atoms with van der Waals surface area (Å²) in [4.78, 5) is 18.6. The first kappa shape index (κ1) is 31.3. The fraction of sp³-hybridized carbons (Fsp3) is 0.324. The van der Waals surface area contributed by atoms with Crippen molar-refractivity contribution in [3.63, 3.8) is 0 Å². The summed E-state index contributed by atoms with van der Waals surface area (Å²) in [5.41, 5.74) is 3.91. The fourth-order valence-electron chi connectivity index (χ4n) is 5.64. The van der Waals surface area contributed by atoms with Gasteiger partial charge in [0.05, 0.1) is 12.7 Å². The topological polar surface area (TPSA) is 87.5 Å². The number of carbonyl (C=O) groups is 1. The first-order chi connectivity index (χ1) is 21.9. The number of allylic oxidation sites excluding steroid dienone is 1. The lowest BCUT2D eigenvalue weighted by Crippen LogP contribution is -2.32. The molecule has 0 bridgehead atoms. The van der Waals surface area contributed by atoms with E-state index in [1.54, 1.807) is 11.8 Å². The Hall–Kier alpha value is -3.66. The molecule has 0 radical (unpaired) electrons. The summed E-state index contributed by atoms with van der Waals surface area (Å²) in [6.45, 7) is 2.22. The van der Waals surface area contributed by atoms with Gasteiger partial charge in [0, 0.05) is 21.5 Å². The van der Waals surface area contributed by atoms with Crippen molar-refractivity contribution >= 4 is 46.9 Å². The molecular formula is C34H34Cl2N4O4S. The summed E-state index contributed by atoms with van der Waals surface area (Å²) in [6.07, 6.45) is 4.95. The third-order valence-corrected chi connectivity index (χ3v) is 9.51. The zero-order valence-corrected chi connectivity index (χ0v) is 27.4. The summed E-state index contributed by atoms with van der Waals surface area (Å²) in [5.74, 6) is 1.89. The molecule has 1 N–H and O–H groups in total. The van der Waals surface area contributed by atoms with Gasteiger partial charge in [0.2, 0.25) is 11.1 Å². The number of hydrogen-bond acceptors (Lipinski definition) is 8. The van der Waals surface area contributed by atoms with E-state index >= 15 is 0 Å². The fourth-order valence-corrected chi connectivity index (χ4v) is 6.88. The Labute approximate surface area is 277 Å². The smallest absolute Gasteiger partial charge is 0.338 e. The molecule has 234 valence electrons. The minimum atomic E-state index is -0.598. The van der Waals surface area contributed by atoms with Crippen LogP contribution in [0.25, 0.3) is 0 Å². The molecule has 0 spiro atoms. The molecule has 0 amide bonds. The van der Waals surface area contributed by atoms with Gasteiger partial charge in [-0.3, -0.25) is 0 Å². The Morgan fingerprint density at radius 1 is 1.02 bits per heavy atom. The lowest BCUT2D eigenvalue weighted by atomic mass is 9.94. The second-order valence-electron chi connectivity index (χ2n) is 11.1. The van der Waals surface area contributed by atoms with Crippen molar-refractivity contribution in [3.05, 3.63) is 105 Å². The summed E-state index contributed by atoms with van der Waals surface area (Å²) in [6, 6.07) is 20.3. The highest BCUT2D eigenvalue weighted by molar-refractivity contribution is 7.98. The van der Waals surface area contributed by atoms with E-state index in [2.05, 4.69) is 5.32 Å². The number of ether oxygens (including phenoxy) is 3. The van der Waals surface area contributed by atoms with Gasteiger partial charge in [0.1, 0.15) is 18.8 Å². The number of carbonyl (C=O) groups excluding carboxylic acids is 1. The first-order valence-electron chi connectivity index (χ1n) is 15.0. The number of nitrogens with zero attached hydrogens (tertiary/aromatic N) is 3. The molecule has 1 atom stereocenters. The Bertz CT molecular complexity index is 1700. The number of halogens is 2. The van der Waals surface area contributed by atoms with Crippen LogP contribution in [0.1, 0.15) is 61.8 Å². The number of anilines is 1. The molecule has 4 aromatic rings. The molecule has 1 aliphatic heterocycles. The molecule has 1 unspecified atom stereocenters. The van der Waals surface area contributed by atoms with Crippen LogP contribution in [0.15, 0.2) is 83.2 Å². The molecule has 0 saturated heterocycles. The zero-order valence-electron chi connectivity index (χ0n) is 25.1. The van der Waals surface area contributed by atoms with Gasteiger partial charge in [0.15, 0.2) is 11.5 Å². The molecule has 8 nitrogen and oxygen atoms in total. The molecular weight excluding hydrogens is 631 g/mol. The molecule has 2 aliphatic rings. The van der Waals surface area contributed by atoms with Gasteiger partial charge >= 0.3 is 5.97 Å². The summed E-state index contributed by atoms with van der Waals surface area (Å²) in [5, 5.41) is 10.1. The SMILES string of the molecule is COc1cc(C2C(C(=O)OC3CCCCC3)=C(C)Nc3nc(SCc4ccccc4Cl)nn32)ccc1OCc1ccc(Cl)cc1. The standard InChI is InChI=1S/C34H34Cl2N4O4S/c1-21-30(32(41)44-26-9-4-3-5-10-26)31(40-33(37-21)38-34(39-40)45-20-24-8-6-7-11-27(24)36)23-14-17-28(29(18-23)42-2)43-19-22-12-15-25(35)16-13-22/h6-8,11-18,26,31H,3-5,9-10,19-20H2,1-2H3,(H,37,38,39). The van der Waals surface area contributed by atoms with Gasteiger partial charge in [-0.15, -0.1) is 5.10 Å². The highest BCUT2D eigenvalue weighted by atomic mass is 35.5. The van der Waals surface area contributed by atoms with Crippen LogP contribution in [0.2, 0.25) is 10.0 Å². The van der Waals surface area contributed by atoms with Crippen molar-refractivity contribution < 1.29 is 19.0 Å². The molecule has 45 heavy (non-hydrogen) atoms. The van der Waals surface area contributed by atoms with Crippen LogP contribution in [0, 0.1) is 0 Å². The maximum atomic E-state index is 13.9. The normalized spacial score (nSPS) is 16.6. The second kappa shape index (κ2) is 14.2. The average Bonchev–Trinajstić information content (AvgIpc) is 3.46. The van der Waals surface area contributed by atoms with Crippen LogP contribution in [0.3, 0.4) is 0 Å². The largest absolute Gasteiger partial charge is 0.493 e. The lowest BCUT2D eigenvalue weighted by molar-refractivity contribution is -0.146. The zero-order chi connectivity index (χ0) is 31.3. The number of nitrogens with one attached hydrogen (secondary N) is 1. The summed E-state index contributed by atoms with van der Waals surface area (Å²) < 4.78 is 19.7. The third kappa shape index (κ3) is 7.27. The Morgan fingerprint density at radius 3 is 2.56 bits per heavy atom. The Kier molecular flexibility index (Phi) is 9.88. The third-order valence-electron chi connectivity index (χ3n) is 8.00. The van der Waals surface area contributed by atoms with Crippen molar-refractivity contribution in [2.45, 2.75) is 68.7 Å². The highest BCUT2D eigenvalue weighted by Crippen LogP contribution is 2.41. The molecule has 2 heterocycles. The number of hydrogen-bond donors (Lipinski definition) is 1. The van der Waals surface area contributed by atoms with Gasteiger partial charge in [-0.2, -0.15) is 4.98 Å². The number of fused-ring (bicyclic) bond motifs is 1. The van der Waals surface area contributed by atoms with E-state index in [1.807, 2.05) is 73.7 Å². The predicted octanol–water partition coefficient (Wildman–Crippen LogP) is 8.63. The van der Waals surface area contributed by atoms with E-state index in [1.165, 1.54) is 18.2 Å². The monoisotopic (exact) mass is 664 g/mol. The minimum Gasteiger partial charge on any atom is -0.493 e. The molecule has 1 aliphatic carbocycles. The number of aromatic nitrogens is 3. The molecule has 11 heteroatoms. The summed E-state index contributed by atoms with van der Waals surface area (Å²) >= 11 is 13.9. The van der Waals surface area contributed by atoms with Crippen LogP contribution < -0.4 is 14.8 Å². The van der Waals surface area contributed by atoms with Gasteiger partial charge in [-0.1, -0.05) is 77.8 Å². The van der Waals surface area contributed by atoms with Gasteiger partial charge in [0.25, 0.3) is 0 Å². The maximum Gasteiger partial charge on any atom is 0.338 e. The summed E-state index contributed by atoms with van der Waals surface area (Å²) in [7, 11) is 1.60. The lowest BCUT2D eigenvalue weighted by Gasteiger charge is -2.30. The Morgan fingerprint density at radius 2 is 1.80 bits per heavy atom. The van der Waals surface area contributed by atoms with Crippen LogP contribution in [-0.2, 0) is 21.9 Å². The van der Waals surface area contributed by atoms with E-state index in [0.717, 1.165) is 42.4 Å². The van der Waals surface area contributed by atoms with Crippen molar-refractivity contribution in [3.8, 4) is 11.5 Å². The van der Waals surface area contributed by atoms with E-state index in [-0.39, 0.29) is 12.1 Å². The number of methoxy groups -OCH3 is 1. The van der Waals surface area contributed by atoms with E-state index in [9.17, 15) is 4.79 Å². The predicted molar refractivity (Wildman–Crippen MR) is 177 cm³/mol. The van der Waals surface area contributed by atoms with E-state index in [4.69, 9.17) is 47.5 Å². The van der Waals surface area contributed by atoms with E-state index in [0.29, 0.717) is 56.3 Å². The van der Waals surface area contributed by atoms with Gasteiger partial charge in [-0.25, -0.2) is 9.48 Å². The van der Waals surface area contributed by atoms with Crippen molar-refractivity contribution in [2.75, 3.05) is 12.4 Å². The number of esters is 1. The molecule has 1 aromatic heterocycles. The van der Waals surface area contributed by atoms with Gasteiger partial charge in [-0.05, 0) is 79.6 Å². The van der Waals surface area contributed by atoms with Crippen molar-refractivity contribution in [2.24, 2.45) is 0 Å². The second-order valence-corrected chi connectivity index (χ2v) is 12.9. The van der Waals surface area contributed by atoms with Crippen LogP contribution in [0.5, 0.6) is 11.5 Å². The average molecular weight is 666 g/mol. The highest BCUT2D eigenvalue weighted by Gasteiger charge is 2.37. The molecule has 3 aromatic carbocycles. The molecule has 1 saturated carbocycles. The quantitative estimate of drug-likeness (QED) is 0.133. The number of benzene rings is 3. The molecule has 6 rings (SSSR count).